The normalized spacial score (nSPS) is 9.43. The molecule has 0 rings (SSSR count). The summed E-state index contributed by atoms with van der Waals surface area (Å²) in [4.78, 5) is 10.0. The molecule has 0 heterocycles. The van der Waals surface area contributed by atoms with Gasteiger partial charge in [-0.15, -0.1) is 0 Å². The lowest BCUT2D eigenvalue weighted by molar-refractivity contribution is -0.118. The maximum absolute atomic E-state index is 10.0. The number of nitrogens with one attached hydrogen (secondary N) is 1. The molecule has 39 valence electrons. The van der Waals surface area contributed by atoms with Gasteiger partial charge >= 0.3 is 0 Å². The van der Waals surface area contributed by atoms with Crippen LogP contribution in [0.3, 0.4) is 0 Å². The van der Waals surface area contributed by atoms with E-state index in [9.17, 15) is 4.79 Å². The van der Waals surface area contributed by atoms with E-state index in [1.54, 1.807) is 0 Å². The predicted octanol–water partition coefficient (Wildman–Crippen LogP) is 0.470. The Morgan fingerprint density at radius 3 is 2.57 bits per heavy atom. The number of carbonyl (C=O) groups is 1. The molecule has 1 radical (unpaired) electrons. The molecule has 2 nitrogen and oxygen atoms in total. The van der Waals surface area contributed by atoms with Crippen molar-refractivity contribution in [2.75, 3.05) is 0 Å². The third kappa shape index (κ3) is 5.21. The van der Waals surface area contributed by atoms with Crippen LogP contribution in [0.25, 0.3) is 0 Å². The van der Waals surface area contributed by atoms with Crippen LogP contribution in [-0.2, 0) is 4.79 Å². The van der Waals surface area contributed by atoms with Crippen molar-refractivity contribution >= 4 is 5.91 Å². The Morgan fingerprint density at radius 1 is 1.86 bits per heavy atom. The van der Waals surface area contributed by atoms with Gasteiger partial charge in [-0.3, -0.25) is 4.79 Å². The highest BCUT2D eigenvalue weighted by atomic mass is 16.1. The molecule has 1 N–H and O–H groups in total. The van der Waals surface area contributed by atoms with E-state index in [1.165, 1.54) is 19.2 Å². The Labute approximate surface area is 43.2 Å². The van der Waals surface area contributed by atoms with Crippen molar-refractivity contribution < 1.29 is 4.79 Å². The molecule has 0 saturated carbocycles. The first-order valence-electron chi connectivity index (χ1n) is 1.98. The van der Waals surface area contributed by atoms with Crippen molar-refractivity contribution in [2.24, 2.45) is 0 Å². The van der Waals surface area contributed by atoms with Gasteiger partial charge in [0.15, 0.2) is 0 Å². The summed E-state index contributed by atoms with van der Waals surface area (Å²) in [6.07, 6.45) is 3.00. The van der Waals surface area contributed by atoms with Gasteiger partial charge in [-0.2, -0.15) is 0 Å². The van der Waals surface area contributed by atoms with Crippen molar-refractivity contribution in [3.8, 4) is 0 Å². The van der Waals surface area contributed by atoms with Crippen molar-refractivity contribution in [1.29, 1.82) is 0 Å². The Hall–Kier alpha value is -0.790. The molecule has 7 heavy (non-hydrogen) atoms. The number of rotatable bonds is 1. The van der Waals surface area contributed by atoms with Gasteiger partial charge < -0.3 is 5.32 Å². The molecule has 0 spiro atoms. The number of allylic oxidation sites excluding steroid dienone is 1. The lowest BCUT2D eigenvalue weighted by atomic mass is 10.6. The number of amides is 1. The van der Waals surface area contributed by atoms with Crippen LogP contribution < -0.4 is 5.32 Å². The molecule has 0 aliphatic rings. The van der Waals surface area contributed by atoms with Crippen molar-refractivity contribution in [1.82, 2.24) is 5.32 Å². The van der Waals surface area contributed by atoms with Gasteiger partial charge in [0.1, 0.15) is 0 Å². The summed E-state index contributed by atoms with van der Waals surface area (Å²) >= 11 is 0. The third-order valence-electron chi connectivity index (χ3n) is 0.404. The van der Waals surface area contributed by atoms with Crippen LogP contribution in [0.5, 0.6) is 0 Å². The minimum absolute atomic E-state index is 0.0695. The third-order valence-corrected chi connectivity index (χ3v) is 0.404. The summed E-state index contributed by atoms with van der Waals surface area (Å²) in [7, 11) is 0. The van der Waals surface area contributed by atoms with Gasteiger partial charge in [0.25, 0.3) is 0 Å². The fraction of sp³-hybridized carbons (Fsp3) is 0.200. The zero-order valence-corrected chi connectivity index (χ0v) is 4.27. The summed E-state index contributed by atoms with van der Waals surface area (Å²) < 4.78 is 0. The predicted molar refractivity (Wildman–Crippen MR) is 28.3 cm³/mol. The molecule has 0 aliphatic heterocycles. The SMILES string of the molecule is [CH2]/C=C/NC(C)=O. The topological polar surface area (TPSA) is 29.1 Å². The van der Waals surface area contributed by atoms with Gasteiger partial charge in [-0.25, -0.2) is 0 Å². The largest absolute Gasteiger partial charge is 0.333 e. The zero-order valence-electron chi connectivity index (χ0n) is 4.27. The monoisotopic (exact) mass is 98.1 g/mol. The highest BCUT2D eigenvalue weighted by Gasteiger charge is 1.77. The second-order valence-electron chi connectivity index (χ2n) is 1.10. The second kappa shape index (κ2) is 3.40. The molecular weight excluding hydrogens is 90.1 g/mol. The van der Waals surface area contributed by atoms with Crippen molar-refractivity contribution in [3.63, 3.8) is 0 Å². The standard InChI is InChI=1S/C5H8NO/c1-3-4-6-5(2)7/h3-4H,1H2,2H3,(H,6,7)/b4-3+. The van der Waals surface area contributed by atoms with Crippen LogP contribution in [-0.4, -0.2) is 5.91 Å². The van der Waals surface area contributed by atoms with Crippen LogP contribution in [0.2, 0.25) is 0 Å². The van der Waals surface area contributed by atoms with E-state index in [2.05, 4.69) is 12.2 Å². The summed E-state index contributed by atoms with van der Waals surface area (Å²) in [6, 6.07) is 0. The van der Waals surface area contributed by atoms with Gasteiger partial charge in [0.2, 0.25) is 5.91 Å². The highest BCUT2D eigenvalue weighted by molar-refractivity contribution is 5.73. The first-order valence-corrected chi connectivity index (χ1v) is 1.98. The molecule has 0 aliphatic carbocycles. The van der Waals surface area contributed by atoms with E-state index in [0.717, 1.165) is 0 Å². The minimum atomic E-state index is -0.0695. The van der Waals surface area contributed by atoms with Gasteiger partial charge in [0, 0.05) is 6.92 Å². The van der Waals surface area contributed by atoms with Crippen LogP contribution >= 0.6 is 0 Å². The lowest BCUT2D eigenvalue weighted by Gasteiger charge is -1.85. The molecule has 1 amide bonds. The van der Waals surface area contributed by atoms with Crippen molar-refractivity contribution in [3.05, 3.63) is 19.2 Å². The Morgan fingerprint density at radius 2 is 2.43 bits per heavy atom. The molecule has 0 unspecified atom stereocenters. The molecule has 0 saturated heterocycles. The second-order valence-corrected chi connectivity index (χ2v) is 1.10. The minimum Gasteiger partial charge on any atom is -0.333 e. The number of hydrogen-bond acceptors (Lipinski definition) is 1. The average Bonchev–Trinajstić information content (AvgIpc) is 1.61. The maximum atomic E-state index is 10.0. The average molecular weight is 98.1 g/mol. The van der Waals surface area contributed by atoms with E-state index in [0.29, 0.717) is 0 Å². The summed E-state index contributed by atoms with van der Waals surface area (Å²) in [6.45, 7) is 4.81. The summed E-state index contributed by atoms with van der Waals surface area (Å²) in [5.74, 6) is -0.0695. The van der Waals surface area contributed by atoms with E-state index in [4.69, 9.17) is 0 Å². The molecule has 0 fully saturated rings. The molecule has 0 atom stereocenters. The smallest absolute Gasteiger partial charge is 0.220 e. The zero-order chi connectivity index (χ0) is 5.70. The Kier molecular flexibility index (Phi) is 3.02. The molecular formula is C5H8NO. The Bertz CT molecular complexity index is 86.1. The lowest BCUT2D eigenvalue weighted by Crippen LogP contribution is -2.10. The molecule has 0 bridgehead atoms. The molecule has 0 aromatic rings. The summed E-state index contributed by atoms with van der Waals surface area (Å²) in [5.41, 5.74) is 0. The molecule has 2 heteroatoms. The van der Waals surface area contributed by atoms with Gasteiger partial charge in [0.05, 0.1) is 0 Å². The summed E-state index contributed by atoms with van der Waals surface area (Å²) in [5, 5.41) is 2.41. The fourth-order valence-electron chi connectivity index (χ4n) is 0.176. The quantitative estimate of drug-likeness (QED) is 0.507. The van der Waals surface area contributed by atoms with E-state index in [1.807, 2.05) is 0 Å². The first-order chi connectivity index (χ1) is 3.27. The van der Waals surface area contributed by atoms with Crippen molar-refractivity contribution in [2.45, 2.75) is 6.92 Å². The molecule has 0 aromatic heterocycles. The van der Waals surface area contributed by atoms with Crippen LogP contribution in [0.1, 0.15) is 6.92 Å². The van der Waals surface area contributed by atoms with Crippen LogP contribution in [0.4, 0.5) is 0 Å². The fourth-order valence-corrected chi connectivity index (χ4v) is 0.176. The van der Waals surface area contributed by atoms with Crippen LogP contribution in [0, 0.1) is 6.92 Å². The highest BCUT2D eigenvalue weighted by Crippen LogP contribution is 1.61. The number of carbonyl (C=O) groups excluding carboxylic acids is 1. The maximum Gasteiger partial charge on any atom is 0.220 e. The molecule has 0 aromatic carbocycles. The Balaban J connectivity index is 3.14. The van der Waals surface area contributed by atoms with Gasteiger partial charge in [-0.05, 0) is 13.1 Å². The van der Waals surface area contributed by atoms with Gasteiger partial charge in [-0.1, -0.05) is 6.08 Å². The van der Waals surface area contributed by atoms with E-state index in [-0.39, 0.29) is 5.91 Å². The van der Waals surface area contributed by atoms with E-state index >= 15 is 0 Å². The van der Waals surface area contributed by atoms with E-state index < -0.39 is 0 Å². The number of hydrogen-bond donors (Lipinski definition) is 1. The van der Waals surface area contributed by atoms with Crippen LogP contribution in [0.15, 0.2) is 12.3 Å². The first kappa shape index (κ1) is 6.21.